The molecule has 0 radical (unpaired) electrons. The number of ether oxygens (including phenoxy) is 1. The molecule has 0 saturated carbocycles. The lowest BCUT2D eigenvalue weighted by Crippen LogP contribution is -2.31. The zero-order valence-corrected chi connectivity index (χ0v) is 15.0. The maximum Gasteiger partial charge on any atom is 0.243 e. The van der Waals surface area contributed by atoms with Gasteiger partial charge in [-0.2, -0.15) is 9.57 Å². The maximum absolute atomic E-state index is 12.7. The highest BCUT2D eigenvalue weighted by molar-refractivity contribution is 9.10. The topological polar surface area (TPSA) is 83.3 Å². The Morgan fingerprint density at radius 1 is 1.29 bits per heavy atom. The zero-order valence-electron chi connectivity index (χ0n) is 12.6. The maximum atomic E-state index is 12.7. The van der Waals surface area contributed by atoms with E-state index in [1.54, 1.807) is 12.3 Å². The second kappa shape index (κ2) is 6.89. The predicted molar refractivity (Wildman–Crippen MR) is 90.9 cm³/mol. The summed E-state index contributed by atoms with van der Waals surface area (Å²) in [6.45, 7) is 0.656. The van der Waals surface area contributed by atoms with Crippen molar-refractivity contribution in [3.63, 3.8) is 0 Å². The number of nitrogens with zero attached hydrogens (tertiary/aromatic N) is 3. The second-order valence-electron chi connectivity index (χ2n) is 5.32. The van der Waals surface area contributed by atoms with Gasteiger partial charge in [0.25, 0.3) is 0 Å². The normalized spacial score (nSPS) is 18.2. The van der Waals surface area contributed by atoms with Gasteiger partial charge in [0.15, 0.2) is 0 Å². The average molecular weight is 408 g/mol. The molecule has 8 heteroatoms. The summed E-state index contributed by atoms with van der Waals surface area (Å²) in [5.41, 5.74) is 0.427. The predicted octanol–water partition coefficient (Wildman–Crippen LogP) is 2.56. The number of nitriles is 1. The summed E-state index contributed by atoms with van der Waals surface area (Å²) in [5, 5.41) is 8.80. The van der Waals surface area contributed by atoms with E-state index in [0.29, 0.717) is 24.4 Å². The van der Waals surface area contributed by atoms with Gasteiger partial charge in [0.2, 0.25) is 15.9 Å². The molecule has 0 aliphatic carbocycles. The van der Waals surface area contributed by atoms with E-state index in [1.165, 1.54) is 28.6 Å². The van der Waals surface area contributed by atoms with Gasteiger partial charge in [-0.05, 0) is 58.7 Å². The average Bonchev–Trinajstić information content (AvgIpc) is 3.06. The van der Waals surface area contributed by atoms with Gasteiger partial charge >= 0.3 is 0 Å². The van der Waals surface area contributed by atoms with Crippen molar-refractivity contribution in [2.45, 2.75) is 17.4 Å². The van der Waals surface area contributed by atoms with Gasteiger partial charge in [-0.25, -0.2) is 13.4 Å². The number of sulfonamides is 1. The minimum atomic E-state index is -3.59. The van der Waals surface area contributed by atoms with Gasteiger partial charge in [-0.15, -0.1) is 0 Å². The number of pyridine rings is 1. The molecule has 1 unspecified atom stereocenters. The van der Waals surface area contributed by atoms with Gasteiger partial charge in [0.05, 0.1) is 27.5 Å². The summed E-state index contributed by atoms with van der Waals surface area (Å²) in [5.74, 6) is 0.458. The van der Waals surface area contributed by atoms with E-state index in [9.17, 15) is 8.42 Å². The highest BCUT2D eigenvalue weighted by Gasteiger charge is 2.34. The Bertz CT molecular complexity index is 878. The van der Waals surface area contributed by atoms with Crippen molar-refractivity contribution >= 4 is 26.0 Å². The molecule has 1 atom stereocenters. The van der Waals surface area contributed by atoms with Crippen LogP contribution in [0.5, 0.6) is 5.88 Å². The van der Waals surface area contributed by atoms with E-state index < -0.39 is 10.0 Å². The first-order valence-corrected chi connectivity index (χ1v) is 9.51. The molecular weight excluding hydrogens is 394 g/mol. The molecule has 124 valence electrons. The van der Waals surface area contributed by atoms with Gasteiger partial charge in [0.1, 0.15) is 6.10 Å². The van der Waals surface area contributed by atoms with Crippen LogP contribution >= 0.6 is 15.9 Å². The molecule has 2 heterocycles. The van der Waals surface area contributed by atoms with Gasteiger partial charge in [-0.3, -0.25) is 0 Å². The largest absolute Gasteiger partial charge is 0.472 e. The Labute approximate surface area is 148 Å². The molecule has 1 aliphatic rings. The van der Waals surface area contributed by atoms with Crippen LogP contribution in [0.2, 0.25) is 0 Å². The van der Waals surface area contributed by atoms with Crippen LogP contribution in [-0.4, -0.2) is 36.9 Å². The minimum Gasteiger partial charge on any atom is -0.472 e. The molecular formula is C16H14BrN3O3S. The van der Waals surface area contributed by atoms with Crippen LogP contribution < -0.4 is 4.74 Å². The van der Waals surface area contributed by atoms with Crippen LogP contribution in [0.1, 0.15) is 12.0 Å². The van der Waals surface area contributed by atoms with Gasteiger partial charge in [0, 0.05) is 12.7 Å². The fourth-order valence-electron chi connectivity index (χ4n) is 2.48. The molecule has 1 aromatic carbocycles. The van der Waals surface area contributed by atoms with Gasteiger partial charge < -0.3 is 4.74 Å². The Morgan fingerprint density at radius 2 is 2.04 bits per heavy atom. The summed E-state index contributed by atoms with van der Waals surface area (Å²) in [6.07, 6.45) is 1.98. The minimum absolute atomic E-state index is 0.182. The van der Waals surface area contributed by atoms with Crippen molar-refractivity contribution < 1.29 is 13.2 Å². The third kappa shape index (κ3) is 3.43. The molecule has 1 saturated heterocycles. The van der Waals surface area contributed by atoms with E-state index in [4.69, 9.17) is 10.00 Å². The van der Waals surface area contributed by atoms with Gasteiger partial charge in [-0.1, -0.05) is 0 Å². The standard InChI is InChI=1S/C16H14BrN3O3S/c17-15-2-1-8-19-16(15)23-13-7-9-20(11-13)24(21,22)14-5-3-12(10-18)4-6-14/h1-6,8,13H,7,9,11H2. The second-order valence-corrected chi connectivity index (χ2v) is 8.11. The number of rotatable bonds is 4. The zero-order chi connectivity index (χ0) is 17.2. The number of hydrogen-bond donors (Lipinski definition) is 0. The lowest BCUT2D eigenvalue weighted by atomic mass is 10.2. The van der Waals surface area contributed by atoms with Crippen molar-refractivity contribution in [1.29, 1.82) is 5.26 Å². The summed E-state index contributed by atoms with van der Waals surface area (Å²) < 4.78 is 33.3. The monoisotopic (exact) mass is 407 g/mol. The molecule has 3 rings (SSSR count). The summed E-state index contributed by atoms with van der Waals surface area (Å²) in [4.78, 5) is 4.32. The summed E-state index contributed by atoms with van der Waals surface area (Å²) >= 11 is 3.36. The first kappa shape index (κ1) is 16.9. The third-order valence-electron chi connectivity index (χ3n) is 3.73. The molecule has 0 spiro atoms. The molecule has 0 bridgehead atoms. The lowest BCUT2D eigenvalue weighted by Gasteiger charge is -2.17. The first-order chi connectivity index (χ1) is 11.5. The van der Waals surface area contributed by atoms with Crippen LogP contribution in [0.4, 0.5) is 0 Å². The first-order valence-electron chi connectivity index (χ1n) is 7.28. The Balaban J connectivity index is 1.72. The smallest absolute Gasteiger partial charge is 0.243 e. The Morgan fingerprint density at radius 3 is 2.71 bits per heavy atom. The van der Waals surface area contributed by atoms with E-state index in [1.807, 2.05) is 12.1 Å². The molecule has 0 N–H and O–H groups in total. The van der Waals surface area contributed by atoms with Crippen LogP contribution in [0.15, 0.2) is 52.0 Å². The fourth-order valence-corrected chi connectivity index (χ4v) is 4.31. The van der Waals surface area contributed by atoms with E-state index in [-0.39, 0.29) is 17.5 Å². The van der Waals surface area contributed by atoms with E-state index in [2.05, 4.69) is 20.9 Å². The van der Waals surface area contributed by atoms with Crippen molar-refractivity contribution in [3.05, 3.63) is 52.6 Å². The molecule has 6 nitrogen and oxygen atoms in total. The van der Waals surface area contributed by atoms with E-state index >= 15 is 0 Å². The number of hydrogen-bond acceptors (Lipinski definition) is 5. The number of benzene rings is 1. The third-order valence-corrected chi connectivity index (χ3v) is 6.21. The van der Waals surface area contributed by atoms with Crippen molar-refractivity contribution in [2.75, 3.05) is 13.1 Å². The van der Waals surface area contributed by atoms with Crippen molar-refractivity contribution in [2.24, 2.45) is 0 Å². The number of aromatic nitrogens is 1. The fraction of sp³-hybridized carbons (Fsp3) is 0.250. The Kier molecular flexibility index (Phi) is 4.85. The quantitative estimate of drug-likeness (QED) is 0.777. The molecule has 1 fully saturated rings. The van der Waals surface area contributed by atoms with Crippen molar-refractivity contribution in [3.8, 4) is 11.9 Å². The highest BCUT2D eigenvalue weighted by Crippen LogP contribution is 2.27. The summed E-state index contributed by atoms with van der Waals surface area (Å²) in [7, 11) is -3.59. The lowest BCUT2D eigenvalue weighted by molar-refractivity contribution is 0.205. The van der Waals surface area contributed by atoms with Crippen LogP contribution in [0, 0.1) is 11.3 Å². The Hall–Kier alpha value is -1.95. The highest BCUT2D eigenvalue weighted by atomic mass is 79.9. The molecule has 1 aliphatic heterocycles. The molecule has 2 aromatic rings. The molecule has 0 amide bonds. The molecule has 24 heavy (non-hydrogen) atoms. The van der Waals surface area contributed by atoms with Crippen LogP contribution in [-0.2, 0) is 10.0 Å². The number of halogens is 1. The van der Waals surface area contributed by atoms with Crippen LogP contribution in [0.3, 0.4) is 0 Å². The summed E-state index contributed by atoms with van der Waals surface area (Å²) in [6, 6.07) is 11.5. The van der Waals surface area contributed by atoms with E-state index in [0.717, 1.165) is 4.47 Å². The SMILES string of the molecule is N#Cc1ccc(S(=O)(=O)N2CCC(Oc3ncccc3Br)C2)cc1. The van der Waals surface area contributed by atoms with Crippen LogP contribution in [0.25, 0.3) is 0 Å². The molecule has 1 aromatic heterocycles. The van der Waals surface area contributed by atoms with Crippen molar-refractivity contribution in [1.82, 2.24) is 9.29 Å².